The van der Waals surface area contributed by atoms with Gasteiger partial charge in [-0.15, -0.1) is 0 Å². The average Bonchev–Trinajstić information content (AvgIpc) is 2.75. The second-order valence-corrected chi connectivity index (χ2v) is 10.3. The number of hydrogen-bond donors (Lipinski definition) is 4. The maximum Gasteiger partial charge on any atom is 0.328 e. The molecule has 0 heterocycles. The van der Waals surface area contributed by atoms with E-state index in [2.05, 4.69) is 11.1 Å². The first-order chi connectivity index (χ1) is 15.8. The summed E-state index contributed by atoms with van der Waals surface area (Å²) in [4.78, 5) is 15.1. The Kier molecular flexibility index (Phi) is 5.39. The summed E-state index contributed by atoms with van der Waals surface area (Å²) < 4.78 is 0. The van der Waals surface area contributed by atoms with Crippen LogP contribution in [0.3, 0.4) is 0 Å². The summed E-state index contributed by atoms with van der Waals surface area (Å²) in [7, 11) is 0. The lowest BCUT2D eigenvalue weighted by Crippen LogP contribution is -2.48. The van der Waals surface area contributed by atoms with Crippen LogP contribution in [0.25, 0.3) is 17.2 Å². The van der Waals surface area contributed by atoms with Crippen molar-refractivity contribution in [1.82, 2.24) is 0 Å². The summed E-state index contributed by atoms with van der Waals surface area (Å²) in [6.45, 7) is 0.292. The highest BCUT2D eigenvalue weighted by atomic mass is 16.4. The summed E-state index contributed by atoms with van der Waals surface area (Å²) in [5, 5.41) is 19.9. The van der Waals surface area contributed by atoms with Gasteiger partial charge >= 0.3 is 5.97 Å². The third-order valence-electron chi connectivity index (χ3n) is 7.90. The number of hydrogen-bond acceptors (Lipinski definition) is 3. The molecule has 4 bridgehead atoms. The molecule has 0 aliphatic heterocycles. The Morgan fingerprint density at radius 2 is 1.70 bits per heavy atom. The van der Waals surface area contributed by atoms with Crippen LogP contribution in [0, 0.1) is 17.8 Å². The monoisotopic (exact) mass is 445 g/mol. The minimum Gasteiger partial charge on any atom is -0.508 e. The summed E-state index contributed by atoms with van der Waals surface area (Å²) in [6, 6.07) is 11.7. The van der Waals surface area contributed by atoms with Crippen molar-refractivity contribution < 1.29 is 15.0 Å². The Hall–Kier alpha value is -3.28. The maximum absolute atomic E-state index is 10.9. The Labute approximate surface area is 194 Å². The average molecular weight is 446 g/mol. The molecule has 4 saturated carbocycles. The van der Waals surface area contributed by atoms with Gasteiger partial charge in [0, 0.05) is 11.6 Å². The van der Waals surface area contributed by atoms with Crippen LogP contribution in [-0.2, 0) is 16.8 Å². The lowest BCUT2D eigenvalue weighted by atomic mass is 9.48. The molecule has 0 aromatic heterocycles. The van der Waals surface area contributed by atoms with Crippen molar-refractivity contribution in [2.45, 2.75) is 50.5 Å². The molecule has 0 amide bonds. The molecular weight excluding hydrogens is 414 g/mol. The van der Waals surface area contributed by atoms with E-state index in [0.29, 0.717) is 12.3 Å². The van der Waals surface area contributed by atoms with Crippen LogP contribution in [0.15, 0.2) is 47.5 Å². The van der Waals surface area contributed by atoms with E-state index >= 15 is 0 Å². The van der Waals surface area contributed by atoms with Crippen LogP contribution in [-0.4, -0.2) is 22.1 Å². The van der Waals surface area contributed by atoms with Gasteiger partial charge < -0.3 is 21.7 Å². The number of benzene rings is 2. The molecule has 0 spiro atoms. The summed E-state index contributed by atoms with van der Waals surface area (Å²) in [6.07, 6.45) is 10.3. The van der Waals surface area contributed by atoms with Gasteiger partial charge in [-0.3, -0.25) is 0 Å². The molecule has 0 unspecified atom stereocenters. The number of guanidine groups is 1. The van der Waals surface area contributed by atoms with E-state index in [1.165, 1.54) is 38.5 Å². The van der Waals surface area contributed by atoms with Crippen molar-refractivity contribution >= 4 is 18.0 Å². The van der Waals surface area contributed by atoms with E-state index in [1.54, 1.807) is 6.08 Å². The third kappa shape index (κ3) is 4.22. The van der Waals surface area contributed by atoms with Crippen LogP contribution >= 0.6 is 0 Å². The second-order valence-electron chi connectivity index (χ2n) is 10.3. The maximum atomic E-state index is 10.9. The number of phenols is 1. The van der Waals surface area contributed by atoms with Crippen molar-refractivity contribution in [3.8, 4) is 16.9 Å². The zero-order valence-corrected chi connectivity index (χ0v) is 18.7. The highest BCUT2D eigenvalue weighted by Crippen LogP contribution is 2.62. The SMILES string of the molecule is NC(N)=NCc1cc(/C=C/C(=O)O)ccc1-c1ccc(O)c(C23CC4CC(CC(C4)C2)C3)c1. The van der Waals surface area contributed by atoms with Gasteiger partial charge in [-0.2, -0.15) is 0 Å². The number of aromatic hydroxyl groups is 1. The molecule has 6 N–H and O–H groups in total. The van der Waals surface area contributed by atoms with Gasteiger partial charge in [0.15, 0.2) is 5.96 Å². The Morgan fingerprint density at radius 1 is 1.03 bits per heavy atom. The second kappa shape index (κ2) is 8.25. The first-order valence-electron chi connectivity index (χ1n) is 11.7. The molecule has 2 aromatic rings. The number of carbonyl (C=O) groups is 1. The number of rotatable bonds is 6. The molecule has 6 rings (SSSR count). The van der Waals surface area contributed by atoms with Crippen molar-refractivity contribution in [2.24, 2.45) is 34.2 Å². The van der Waals surface area contributed by atoms with Crippen molar-refractivity contribution in [1.29, 1.82) is 0 Å². The zero-order valence-electron chi connectivity index (χ0n) is 18.7. The third-order valence-corrected chi connectivity index (χ3v) is 7.90. The molecule has 0 radical (unpaired) electrons. The number of carboxylic acids is 1. The quantitative estimate of drug-likeness (QED) is 0.298. The van der Waals surface area contributed by atoms with E-state index in [1.807, 2.05) is 30.3 Å². The molecule has 6 heteroatoms. The fourth-order valence-electron chi connectivity index (χ4n) is 7.04. The Morgan fingerprint density at radius 3 is 2.30 bits per heavy atom. The largest absolute Gasteiger partial charge is 0.508 e. The van der Waals surface area contributed by atoms with E-state index < -0.39 is 5.97 Å². The molecule has 0 saturated heterocycles. The molecule has 4 aliphatic rings. The molecule has 172 valence electrons. The molecule has 4 aliphatic carbocycles. The summed E-state index contributed by atoms with van der Waals surface area (Å²) in [5.74, 6) is 1.77. The molecule has 4 fully saturated rings. The lowest BCUT2D eigenvalue weighted by Gasteiger charge is -2.57. The first kappa shape index (κ1) is 21.6. The highest BCUT2D eigenvalue weighted by molar-refractivity contribution is 5.85. The number of aliphatic imine (C=N–C) groups is 1. The number of phenolic OH excluding ortho intramolecular Hbond substituents is 1. The van der Waals surface area contributed by atoms with Crippen LogP contribution < -0.4 is 11.5 Å². The van der Waals surface area contributed by atoms with E-state index in [9.17, 15) is 9.90 Å². The van der Waals surface area contributed by atoms with E-state index in [0.717, 1.165) is 51.6 Å². The summed E-state index contributed by atoms with van der Waals surface area (Å²) >= 11 is 0. The van der Waals surface area contributed by atoms with Crippen LogP contribution in [0.4, 0.5) is 0 Å². The van der Waals surface area contributed by atoms with Crippen molar-refractivity contribution in [2.75, 3.05) is 0 Å². The number of carboxylic acid groups (broad SMARTS) is 1. The predicted octanol–water partition coefficient (Wildman–Crippen LogP) is 4.40. The molecule has 2 aromatic carbocycles. The Balaban J connectivity index is 1.55. The highest BCUT2D eigenvalue weighted by Gasteiger charge is 2.52. The Bertz CT molecular complexity index is 1110. The molecule has 6 nitrogen and oxygen atoms in total. The molecule has 33 heavy (non-hydrogen) atoms. The molecular formula is C27H31N3O3. The van der Waals surface area contributed by atoms with Gasteiger partial charge in [-0.05, 0) is 108 Å². The number of aliphatic carboxylic acids is 1. The van der Waals surface area contributed by atoms with Crippen molar-refractivity contribution in [3.63, 3.8) is 0 Å². The normalized spacial score (nSPS) is 27.7. The van der Waals surface area contributed by atoms with E-state index in [4.69, 9.17) is 16.6 Å². The minimum atomic E-state index is -0.997. The summed E-state index contributed by atoms with van der Waals surface area (Å²) in [5.41, 5.74) is 16.0. The van der Waals surface area contributed by atoms with Gasteiger partial charge in [0.1, 0.15) is 5.75 Å². The van der Waals surface area contributed by atoms with E-state index in [-0.39, 0.29) is 11.4 Å². The topological polar surface area (TPSA) is 122 Å². The first-order valence-corrected chi connectivity index (χ1v) is 11.7. The van der Waals surface area contributed by atoms with Gasteiger partial charge in [0.2, 0.25) is 0 Å². The van der Waals surface area contributed by atoms with Gasteiger partial charge in [-0.1, -0.05) is 18.2 Å². The smallest absolute Gasteiger partial charge is 0.328 e. The van der Waals surface area contributed by atoms with Crippen LogP contribution in [0.1, 0.15) is 55.2 Å². The van der Waals surface area contributed by atoms with Crippen molar-refractivity contribution in [3.05, 3.63) is 59.2 Å². The standard InChI is InChI=1S/C27H31N3O3/c28-26(29)30-15-21-10-16(2-6-25(32)33)1-4-22(21)20-3-5-24(31)23(11-20)27-12-17-7-18(13-27)9-19(8-17)14-27/h1-6,10-11,17-19,31H,7-9,12-15H2,(H,32,33)(H4,28,29,30)/b6-2+. The fourth-order valence-corrected chi connectivity index (χ4v) is 7.04. The zero-order chi connectivity index (χ0) is 23.2. The fraction of sp³-hybridized carbons (Fsp3) is 0.407. The van der Waals surface area contributed by atoms with Gasteiger partial charge in [-0.25, -0.2) is 9.79 Å². The van der Waals surface area contributed by atoms with Gasteiger partial charge in [0.05, 0.1) is 6.54 Å². The lowest BCUT2D eigenvalue weighted by molar-refractivity contribution is -0.131. The minimum absolute atomic E-state index is 0.00685. The number of nitrogens with zero attached hydrogens (tertiary/aromatic N) is 1. The van der Waals surface area contributed by atoms with Gasteiger partial charge in [0.25, 0.3) is 0 Å². The predicted molar refractivity (Wildman–Crippen MR) is 130 cm³/mol. The molecule has 0 atom stereocenters. The number of nitrogens with two attached hydrogens (primary N) is 2. The van der Waals surface area contributed by atoms with Crippen LogP contribution in [0.2, 0.25) is 0 Å². The van der Waals surface area contributed by atoms with Crippen LogP contribution in [0.5, 0.6) is 5.75 Å².